The molecule has 7 heteroatoms. The Morgan fingerprint density at radius 2 is 2.00 bits per heavy atom. The van der Waals surface area contributed by atoms with Crippen molar-refractivity contribution in [1.29, 1.82) is 0 Å². The molecule has 0 saturated carbocycles. The molecule has 0 unspecified atom stereocenters. The minimum atomic E-state index is -4.37. The number of rotatable bonds is 3. The zero-order chi connectivity index (χ0) is 13.9. The quantitative estimate of drug-likeness (QED) is 0.927. The minimum absolute atomic E-state index is 0.330. The van der Waals surface area contributed by atoms with E-state index in [9.17, 15) is 13.2 Å². The normalized spacial score (nSPS) is 11.4. The first-order valence-corrected chi connectivity index (χ1v) is 6.11. The SMILES string of the molecule is FC(F)(F)c1cc(Br)cc(NCc2ccncn2)c1. The summed E-state index contributed by atoms with van der Waals surface area (Å²) in [6, 6.07) is 5.37. The van der Waals surface area contributed by atoms with Crippen molar-refractivity contribution in [2.24, 2.45) is 0 Å². The molecule has 19 heavy (non-hydrogen) atoms. The molecule has 0 aliphatic heterocycles. The van der Waals surface area contributed by atoms with Gasteiger partial charge in [-0.3, -0.25) is 0 Å². The molecule has 0 aliphatic rings. The van der Waals surface area contributed by atoms with E-state index in [4.69, 9.17) is 0 Å². The average Bonchev–Trinajstić information content (AvgIpc) is 2.36. The van der Waals surface area contributed by atoms with Crippen LogP contribution in [0.4, 0.5) is 18.9 Å². The maximum Gasteiger partial charge on any atom is 0.416 e. The topological polar surface area (TPSA) is 37.8 Å². The summed E-state index contributed by atoms with van der Waals surface area (Å²) in [5.41, 5.74) is 0.371. The van der Waals surface area contributed by atoms with Gasteiger partial charge in [-0.05, 0) is 24.3 Å². The predicted octanol–water partition coefficient (Wildman–Crippen LogP) is 3.87. The van der Waals surface area contributed by atoms with E-state index in [1.165, 1.54) is 6.33 Å². The Balaban J connectivity index is 2.15. The third kappa shape index (κ3) is 3.92. The summed E-state index contributed by atoms with van der Waals surface area (Å²) >= 11 is 3.07. The monoisotopic (exact) mass is 331 g/mol. The van der Waals surface area contributed by atoms with Crippen LogP contribution in [0.2, 0.25) is 0 Å². The van der Waals surface area contributed by atoms with Crippen LogP contribution < -0.4 is 5.32 Å². The van der Waals surface area contributed by atoms with Gasteiger partial charge in [0.15, 0.2) is 0 Å². The molecule has 0 aliphatic carbocycles. The lowest BCUT2D eigenvalue weighted by Crippen LogP contribution is -2.07. The number of anilines is 1. The van der Waals surface area contributed by atoms with E-state index >= 15 is 0 Å². The van der Waals surface area contributed by atoms with Crippen molar-refractivity contribution in [2.45, 2.75) is 12.7 Å². The van der Waals surface area contributed by atoms with Crippen LogP contribution >= 0.6 is 15.9 Å². The summed E-state index contributed by atoms with van der Waals surface area (Å²) in [5.74, 6) is 0. The van der Waals surface area contributed by atoms with Crippen molar-refractivity contribution in [1.82, 2.24) is 9.97 Å². The maximum absolute atomic E-state index is 12.6. The zero-order valence-corrected chi connectivity index (χ0v) is 11.2. The molecule has 0 saturated heterocycles. The molecule has 1 aromatic carbocycles. The molecular formula is C12H9BrF3N3. The fraction of sp³-hybridized carbons (Fsp3) is 0.167. The highest BCUT2D eigenvalue weighted by molar-refractivity contribution is 9.10. The Morgan fingerprint density at radius 3 is 2.63 bits per heavy atom. The van der Waals surface area contributed by atoms with E-state index in [-0.39, 0.29) is 0 Å². The lowest BCUT2D eigenvalue weighted by atomic mass is 10.2. The Kier molecular flexibility index (Phi) is 4.04. The van der Waals surface area contributed by atoms with Crippen LogP contribution in [0.3, 0.4) is 0 Å². The van der Waals surface area contributed by atoms with Crippen LogP contribution in [-0.2, 0) is 12.7 Å². The highest BCUT2D eigenvalue weighted by atomic mass is 79.9. The first-order valence-electron chi connectivity index (χ1n) is 5.32. The van der Waals surface area contributed by atoms with Gasteiger partial charge in [-0.25, -0.2) is 9.97 Å². The number of nitrogens with one attached hydrogen (secondary N) is 1. The number of alkyl halides is 3. The largest absolute Gasteiger partial charge is 0.416 e. The lowest BCUT2D eigenvalue weighted by Gasteiger charge is -2.11. The third-order valence-corrected chi connectivity index (χ3v) is 2.80. The highest BCUT2D eigenvalue weighted by Crippen LogP contribution is 2.33. The molecule has 0 spiro atoms. The van der Waals surface area contributed by atoms with E-state index in [1.807, 2.05) is 0 Å². The van der Waals surface area contributed by atoms with Crippen LogP contribution in [0.15, 0.2) is 41.3 Å². The van der Waals surface area contributed by atoms with E-state index in [1.54, 1.807) is 18.3 Å². The van der Waals surface area contributed by atoms with E-state index in [0.29, 0.717) is 22.4 Å². The van der Waals surface area contributed by atoms with Gasteiger partial charge in [0.25, 0.3) is 0 Å². The van der Waals surface area contributed by atoms with Crippen molar-refractivity contribution >= 4 is 21.6 Å². The van der Waals surface area contributed by atoms with Crippen LogP contribution in [0.25, 0.3) is 0 Å². The van der Waals surface area contributed by atoms with Crippen LogP contribution in [0.5, 0.6) is 0 Å². The fourth-order valence-electron chi connectivity index (χ4n) is 1.47. The summed E-state index contributed by atoms with van der Waals surface area (Å²) in [6.45, 7) is 0.330. The Morgan fingerprint density at radius 1 is 1.21 bits per heavy atom. The second kappa shape index (κ2) is 5.56. The molecule has 2 rings (SSSR count). The smallest absolute Gasteiger partial charge is 0.379 e. The molecule has 1 heterocycles. The highest BCUT2D eigenvalue weighted by Gasteiger charge is 2.31. The zero-order valence-electron chi connectivity index (χ0n) is 9.58. The second-order valence-corrected chi connectivity index (χ2v) is 4.70. The van der Waals surface area contributed by atoms with Gasteiger partial charge in [0.1, 0.15) is 6.33 Å². The fourth-order valence-corrected chi connectivity index (χ4v) is 1.96. The number of aromatic nitrogens is 2. The Labute approximate surface area is 116 Å². The average molecular weight is 332 g/mol. The third-order valence-electron chi connectivity index (χ3n) is 2.34. The number of benzene rings is 1. The standard InChI is InChI=1S/C12H9BrF3N3/c13-9-3-8(12(14,15)16)4-11(5-9)18-6-10-1-2-17-7-19-10/h1-5,7,18H,6H2. The molecule has 0 atom stereocenters. The van der Waals surface area contributed by atoms with E-state index < -0.39 is 11.7 Å². The Bertz CT molecular complexity index is 558. The van der Waals surface area contributed by atoms with Gasteiger partial charge in [0, 0.05) is 16.4 Å². The summed E-state index contributed by atoms with van der Waals surface area (Å²) in [7, 11) is 0. The molecule has 100 valence electrons. The van der Waals surface area contributed by atoms with Gasteiger partial charge in [-0.1, -0.05) is 15.9 Å². The van der Waals surface area contributed by atoms with Gasteiger partial charge in [0.2, 0.25) is 0 Å². The molecule has 1 N–H and O–H groups in total. The maximum atomic E-state index is 12.6. The molecule has 0 fully saturated rings. The summed E-state index contributed by atoms with van der Waals surface area (Å²) in [4.78, 5) is 7.75. The number of hydrogen-bond acceptors (Lipinski definition) is 3. The van der Waals surface area contributed by atoms with E-state index in [2.05, 4.69) is 31.2 Å². The molecule has 3 nitrogen and oxygen atoms in total. The van der Waals surface area contributed by atoms with Crippen LogP contribution in [0.1, 0.15) is 11.3 Å². The number of hydrogen-bond donors (Lipinski definition) is 1. The van der Waals surface area contributed by atoms with Gasteiger partial charge in [-0.2, -0.15) is 13.2 Å². The molecule has 1 aromatic heterocycles. The summed E-state index contributed by atoms with van der Waals surface area (Å²) in [5, 5.41) is 2.89. The van der Waals surface area contributed by atoms with Gasteiger partial charge < -0.3 is 5.32 Å². The van der Waals surface area contributed by atoms with Crippen LogP contribution in [0, 0.1) is 0 Å². The molecular weight excluding hydrogens is 323 g/mol. The van der Waals surface area contributed by atoms with Crippen molar-refractivity contribution in [3.63, 3.8) is 0 Å². The van der Waals surface area contributed by atoms with Crippen LogP contribution in [-0.4, -0.2) is 9.97 Å². The molecule has 0 bridgehead atoms. The van der Waals surface area contributed by atoms with Crippen molar-refractivity contribution in [3.05, 3.63) is 52.5 Å². The van der Waals surface area contributed by atoms with E-state index in [0.717, 1.165) is 12.1 Å². The number of halogens is 4. The van der Waals surface area contributed by atoms with Crippen molar-refractivity contribution in [3.8, 4) is 0 Å². The van der Waals surface area contributed by atoms with Crippen molar-refractivity contribution in [2.75, 3.05) is 5.32 Å². The molecule has 0 amide bonds. The minimum Gasteiger partial charge on any atom is -0.379 e. The molecule has 2 aromatic rings. The van der Waals surface area contributed by atoms with Gasteiger partial charge in [0.05, 0.1) is 17.8 Å². The number of nitrogens with zero attached hydrogens (tertiary/aromatic N) is 2. The Hall–Kier alpha value is -1.63. The second-order valence-electron chi connectivity index (χ2n) is 3.78. The summed E-state index contributed by atoms with van der Waals surface area (Å²) < 4.78 is 38.3. The van der Waals surface area contributed by atoms with Crippen molar-refractivity contribution < 1.29 is 13.2 Å². The van der Waals surface area contributed by atoms with Gasteiger partial charge in [-0.15, -0.1) is 0 Å². The summed E-state index contributed by atoms with van der Waals surface area (Å²) in [6.07, 6.45) is -1.40. The van der Waals surface area contributed by atoms with Gasteiger partial charge >= 0.3 is 6.18 Å². The predicted molar refractivity (Wildman–Crippen MR) is 68.5 cm³/mol. The lowest BCUT2D eigenvalue weighted by molar-refractivity contribution is -0.137. The first-order chi connectivity index (χ1) is 8.95. The first kappa shape index (κ1) is 13.8. The molecule has 0 radical (unpaired) electrons.